The standard InChI is InChI=1S/C13H17N3O2/c17-13(10-2-1-3-10)16-7-5-11(8-16)18-12-4-6-14-9-15-12/h4,6,9-11H,1-3,5,7-8H2/t11-/m1/s1. The van der Waals surface area contributed by atoms with Crippen LogP contribution >= 0.6 is 0 Å². The van der Waals surface area contributed by atoms with Gasteiger partial charge in [0.15, 0.2) is 0 Å². The van der Waals surface area contributed by atoms with E-state index in [4.69, 9.17) is 4.74 Å². The van der Waals surface area contributed by atoms with Gasteiger partial charge < -0.3 is 9.64 Å². The van der Waals surface area contributed by atoms with Crippen molar-refractivity contribution in [1.29, 1.82) is 0 Å². The molecule has 0 bridgehead atoms. The van der Waals surface area contributed by atoms with Gasteiger partial charge in [-0.2, -0.15) is 0 Å². The highest BCUT2D eigenvalue weighted by Crippen LogP contribution is 2.29. The topological polar surface area (TPSA) is 55.3 Å². The Labute approximate surface area is 106 Å². The van der Waals surface area contributed by atoms with E-state index in [0.29, 0.717) is 18.3 Å². The van der Waals surface area contributed by atoms with E-state index >= 15 is 0 Å². The number of ether oxygens (including phenoxy) is 1. The normalized spacial score (nSPS) is 23.8. The molecule has 1 atom stereocenters. The van der Waals surface area contributed by atoms with Crippen molar-refractivity contribution in [3.8, 4) is 5.88 Å². The highest BCUT2D eigenvalue weighted by Gasteiger charge is 2.34. The molecule has 0 N–H and O–H groups in total. The molecule has 0 radical (unpaired) electrons. The summed E-state index contributed by atoms with van der Waals surface area (Å²) in [5, 5.41) is 0. The Morgan fingerprint density at radius 3 is 2.94 bits per heavy atom. The molecule has 2 fully saturated rings. The lowest BCUT2D eigenvalue weighted by Crippen LogP contribution is -2.38. The second-order valence-corrected chi connectivity index (χ2v) is 4.99. The Hall–Kier alpha value is -1.65. The van der Waals surface area contributed by atoms with Crippen molar-refractivity contribution >= 4 is 5.91 Å². The fourth-order valence-corrected chi connectivity index (χ4v) is 2.46. The average Bonchev–Trinajstić information content (AvgIpc) is 2.76. The first-order valence-electron chi connectivity index (χ1n) is 6.54. The highest BCUT2D eigenvalue weighted by molar-refractivity contribution is 5.79. The number of hydrogen-bond donors (Lipinski definition) is 0. The summed E-state index contributed by atoms with van der Waals surface area (Å²) < 4.78 is 5.74. The van der Waals surface area contributed by atoms with Crippen molar-refractivity contribution in [2.24, 2.45) is 5.92 Å². The van der Waals surface area contributed by atoms with Gasteiger partial charge >= 0.3 is 0 Å². The quantitative estimate of drug-likeness (QED) is 0.806. The lowest BCUT2D eigenvalue weighted by Gasteiger charge is -2.29. The maximum absolute atomic E-state index is 12.1. The molecule has 3 rings (SSSR count). The third-order valence-corrected chi connectivity index (χ3v) is 3.75. The van der Waals surface area contributed by atoms with Crippen LogP contribution < -0.4 is 4.74 Å². The minimum absolute atomic E-state index is 0.0731. The molecule has 1 amide bonds. The molecule has 5 heteroatoms. The van der Waals surface area contributed by atoms with Gasteiger partial charge in [0, 0.05) is 31.1 Å². The van der Waals surface area contributed by atoms with Crippen LogP contribution in [0.4, 0.5) is 0 Å². The van der Waals surface area contributed by atoms with Gasteiger partial charge in [0.1, 0.15) is 12.4 Å². The van der Waals surface area contributed by atoms with Crippen LogP contribution in [0.3, 0.4) is 0 Å². The Kier molecular flexibility index (Phi) is 3.13. The summed E-state index contributed by atoms with van der Waals surface area (Å²) in [7, 11) is 0. The first-order valence-corrected chi connectivity index (χ1v) is 6.54. The lowest BCUT2D eigenvalue weighted by atomic mass is 9.84. The van der Waals surface area contributed by atoms with E-state index in [1.54, 1.807) is 12.3 Å². The predicted octanol–water partition coefficient (Wildman–Crippen LogP) is 1.26. The number of carbonyl (C=O) groups excluding carboxylic acids is 1. The van der Waals surface area contributed by atoms with Gasteiger partial charge in [-0.1, -0.05) is 6.42 Å². The third kappa shape index (κ3) is 2.30. The summed E-state index contributed by atoms with van der Waals surface area (Å²) >= 11 is 0. The van der Waals surface area contributed by atoms with Crippen LogP contribution in [-0.4, -0.2) is 40.0 Å². The van der Waals surface area contributed by atoms with Crippen molar-refractivity contribution < 1.29 is 9.53 Å². The van der Waals surface area contributed by atoms with Crippen molar-refractivity contribution in [3.63, 3.8) is 0 Å². The second-order valence-electron chi connectivity index (χ2n) is 4.99. The molecule has 1 aromatic heterocycles. The summed E-state index contributed by atoms with van der Waals surface area (Å²) in [6, 6.07) is 1.75. The summed E-state index contributed by atoms with van der Waals surface area (Å²) in [6.45, 7) is 1.50. The number of aromatic nitrogens is 2. The molecule has 5 nitrogen and oxygen atoms in total. The van der Waals surface area contributed by atoms with Crippen molar-refractivity contribution in [2.45, 2.75) is 31.8 Å². The molecule has 1 saturated heterocycles. The maximum Gasteiger partial charge on any atom is 0.225 e. The van der Waals surface area contributed by atoms with E-state index < -0.39 is 0 Å². The first kappa shape index (κ1) is 11.4. The van der Waals surface area contributed by atoms with Crippen LogP contribution in [0.1, 0.15) is 25.7 Å². The van der Waals surface area contributed by atoms with Crippen LogP contribution in [0.5, 0.6) is 5.88 Å². The number of likely N-dealkylation sites (tertiary alicyclic amines) is 1. The molecular weight excluding hydrogens is 230 g/mol. The first-order chi connectivity index (χ1) is 8.83. The van der Waals surface area contributed by atoms with Crippen molar-refractivity contribution in [3.05, 3.63) is 18.6 Å². The molecular formula is C13H17N3O2. The average molecular weight is 247 g/mol. The molecule has 1 aliphatic heterocycles. The zero-order chi connectivity index (χ0) is 12.4. The molecule has 2 heterocycles. The van der Waals surface area contributed by atoms with Gasteiger partial charge in [0.2, 0.25) is 11.8 Å². The fourth-order valence-electron chi connectivity index (χ4n) is 2.46. The molecule has 18 heavy (non-hydrogen) atoms. The van der Waals surface area contributed by atoms with Gasteiger partial charge in [-0.25, -0.2) is 9.97 Å². The van der Waals surface area contributed by atoms with Crippen LogP contribution in [-0.2, 0) is 4.79 Å². The Morgan fingerprint density at radius 1 is 1.39 bits per heavy atom. The molecule has 1 aromatic rings. The van der Waals surface area contributed by atoms with Crippen LogP contribution in [0.2, 0.25) is 0 Å². The van der Waals surface area contributed by atoms with Crippen molar-refractivity contribution in [1.82, 2.24) is 14.9 Å². The maximum atomic E-state index is 12.1. The number of nitrogens with zero attached hydrogens (tertiary/aromatic N) is 3. The smallest absolute Gasteiger partial charge is 0.225 e. The van der Waals surface area contributed by atoms with Gasteiger partial charge in [-0.3, -0.25) is 4.79 Å². The van der Waals surface area contributed by atoms with Crippen LogP contribution in [0.25, 0.3) is 0 Å². The number of hydrogen-bond acceptors (Lipinski definition) is 4. The molecule has 0 unspecified atom stereocenters. The summed E-state index contributed by atoms with van der Waals surface area (Å²) in [5.74, 6) is 1.19. The molecule has 0 aromatic carbocycles. The van der Waals surface area contributed by atoms with E-state index in [-0.39, 0.29) is 12.0 Å². The monoisotopic (exact) mass is 247 g/mol. The Morgan fingerprint density at radius 2 is 2.28 bits per heavy atom. The minimum Gasteiger partial charge on any atom is -0.472 e. The number of amides is 1. The van der Waals surface area contributed by atoms with Gasteiger partial charge in [0.25, 0.3) is 0 Å². The second kappa shape index (κ2) is 4.92. The molecule has 1 saturated carbocycles. The lowest BCUT2D eigenvalue weighted by molar-refractivity contribution is -0.137. The SMILES string of the molecule is O=C(C1CCC1)N1CC[C@@H](Oc2ccncn2)C1. The van der Waals surface area contributed by atoms with Crippen LogP contribution in [0.15, 0.2) is 18.6 Å². The predicted molar refractivity (Wildman–Crippen MR) is 65.0 cm³/mol. The van der Waals surface area contributed by atoms with Gasteiger partial charge in [0.05, 0.1) is 6.54 Å². The highest BCUT2D eigenvalue weighted by atomic mass is 16.5. The zero-order valence-corrected chi connectivity index (χ0v) is 10.3. The molecule has 96 valence electrons. The van der Waals surface area contributed by atoms with E-state index in [0.717, 1.165) is 25.8 Å². The Balaban J connectivity index is 1.53. The van der Waals surface area contributed by atoms with E-state index in [1.807, 2.05) is 4.90 Å². The summed E-state index contributed by atoms with van der Waals surface area (Å²) in [6.07, 6.45) is 7.42. The van der Waals surface area contributed by atoms with E-state index in [9.17, 15) is 4.79 Å². The van der Waals surface area contributed by atoms with E-state index in [2.05, 4.69) is 9.97 Å². The largest absolute Gasteiger partial charge is 0.472 e. The molecule has 0 spiro atoms. The molecule has 2 aliphatic rings. The third-order valence-electron chi connectivity index (χ3n) is 3.75. The van der Waals surface area contributed by atoms with Gasteiger partial charge in [-0.15, -0.1) is 0 Å². The minimum atomic E-state index is 0.0731. The molecule has 1 aliphatic carbocycles. The fraction of sp³-hybridized carbons (Fsp3) is 0.615. The van der Waals surface area contributed by atoms with E-state index in [1.165, 1.54) is 12.7 Å². The summed E-state index contributed by atoms with van der Waals surface area (Å²) in [4.78, 5) is 21.9. The zero-order valence-electron chi connectivity index (χ0n) is 10.3. The van der Waals surface area contributed by atoms with Crippen LogP contribution in [0, 0.1) is 5.92 Å². The summed E-state index contributed by atoms with van der Waals surface area (Å²) in [5.41, 5.74) is 0. The number of rotatable bonds is 3. The Bertz CT molecular complexity index is 420. The number of carbonyl (C=O) groups is 1. The van der Waals surface area contributed by atoms with Gasteiger partial charge in [-0.05, 0) is 12.8 Å². The van der Waals surface area contributed by atoms with Crippen molar-refractivity contribution in [2.75, 3.05) is 13.1 Å².